The van der Waals surface area contributed by atoms with E-state index >= 15 is 0 Å². The van der Waals surface area contributed by atoms with E-state index in [1.54, 1.807) is 7.11 Å². The van der Waals surface area contributed by atoms with Crippen molar-refractivity contribution in [2.75, 3.05) is 7.11 Å². The molecule has 1 heterocycles. The fourth-order valence-electron chi connectivity index (χ4n) is 3.14. The largest absolute Gasteiger partial charge is 0.496 e. The summed E-state index contributed by atoms with van der Waals surface area (Å²) in [5.41, 5.74) is 2.43. The summed E-state index contributed by atoms with van der Waals surface area (Å²) in [5.74, 6) is 1.85. The Balaban J connectivity index is 2.31. The first-order valence-electron chi connectivity index (χ1n) is 8.04. The van der Waals surface area contributed by atoms with Gasteiger partial charge in [0.1, 0.15) is 5.75 Å². The molecular weight excluding hydrogens is 284 g/mol. The van der Waals surface area contributed by atoms with Crippen LogP contribution in [0.4, 0.5) is 0 Å². The lowest BCUT2D eigenvalue weighted by Crippen LogP contribution is -2.08. The van der Waals surface area contributed by atoms with Crippen molar-refractivity contribution in [3.63, 3.8) is 0 Å². The zero-order valence-electron chi connectivity index (χ0n) is 13.8. The fourth-order valence-corrected chi connectivity index (χ4v) is 3.38. The van der Waals surface area contributed by atoms with E-state index in [-0.39, 0.29) is 0 Å². The normalized spacial score (nSPS) is 22.4. The van der Waals surface area contributed by atoms with Crippen LogP contribution in [0.2, 0.25) is 5.02 Å². The highest BCUT2D eigenvalue weighted by Crippen LogP contribution is 2.43. The second kappa shape index (κ2) is 7.02. The highest BCUT2D eigenvalue weighted by Gasteiger charge is 2.39. The molecular formula is C18H27ClO2. The van der Waals surface area contributed by atoms with Gasteiger partial charge in [-0.3, -0.25) is 0 Å². The molecule has 3 unspecified atom stereocenters. The molecule has 1 fully saturated rings. The summed E-state index contributed by atoms with van der Waals surface area (Å²) >= 11 is 6.35. The van der Waals surface area contributed by atoms with E-state index in [9.17, 15) is 0 Å². The molecule has 0 aliphatic carbocycles. The van der Waals surface area contributed by atoms with E-state index in [1.165, 1.54) is 11.1 Å². The number of benzene rings is 1. The van der Waals surface area contributed by atoms with Crippen LogP contribution in [-0.2, 0) is 4.74 Å². The van der Waals surface area contributed by atoms with E-state index in [4.69, 9.17) is 21.1 Å². The molecule has 2 nitrogen and oxygen atoms in total. The topological polar surface area (TPSA) is 21.8 Å². The second-order valence-electron chi connectivity index (χ2n) is 6.23. The third-order valence-electron chi connectivity index (χ3n) is 4.48. The summed E-state index contributed by atoms with van der Waals surface area (Å²) in [7, 11) is 1.76. The first kappa shape index (κ1) is 16.6. The molecule has 21 heavy (non-hydrogen) atoms. The molecule has 2 rings (SSSR count). The Morgan fingerprint density at radius 2 is 1.86 bits per heavy atom. The van der Waals surface area contributed by atoms with E-state index in [1.807, 2.05) is 6.07 Å². The minimum Gasteiger partial charge on any atom is -0.496 e. The van der Waals surface area contributed by atoms with Gasteiger partial charge in [0.25, 0.3) is 0 Å². The standard InChI is InChI=1S/C18H27ClO2/c1-6-12(8-17-16(7-2)21-17)15-10-13(19)9-14(11(3)4)18(15)20-5/h9-12,16-17H,6-8H2,1-5H3. The summed E-state index contributed by atoms with van der Waals surface area (Å²) in [6.45, 7) is 8.76. The minimum atomic E-state index is 0.399. The van der Waals surface area contributed by atoms with E-state index in [0.717, 1.165) is 30.0 Å². The number of epoxide rings is 1. The number of rotatable bonds is 7. The predicted octanol–water partition coefficient (Wildman–Crippen LogP) is 5.53. The van der Waals surface area contributed by atoms with Crippen molar-refractivity contribution < 1.29 is 9.47 Å². The van der Waals surface area contributed by atoms with Gasteiger partial charge in [0.15, 0.2) is 0 Å². The molecule has 0 radical (unpaired) electrons. The zero-order chi connectivity index (χ0) is 15.6. The van der Waals surface area contributed by atoms with Crippen LogP contribution in [0, 0.1) is 0 Å². The maximum absolute atomic E-state index is 6.35. The Kier molecular flexibility index (Phi) is 5.56. The third kappa shape index (κ3) is 3.73. The summed E-state index contributed by atoms with van der Waals surface area (Å²) in [6, 6.07) is 4.10. The van der Waals surface area contributed by atoms with E-state index in [2.05, 4.69) is 33.8 Å². The Labute approximate surface area is 133 Å². The van der Waals surface area contributed by atoms with Crippen molar-refractivity contribution in [1.82, 2.24) is 0 Å². The predicted molar refractivity (Wildman–Crippen MR) is 88.7 cm³/mol. The fraction of sp³-hybridized carbons (Fsp3) is 0.667. The number of ether oxygens (including phenoxy) is 2. The van der Waals surface area contributed by atoms with Gasteiger partial charge in [-0.15, -0.1) is 0 Å². The molecule has 1 saturated heterocycles. The van der Waals surface area contributed by atoms with E-state index in [0.29, 0.717) is 24.0 Å². The van der Waals surface area contributed by atoms with Crippen molar-refractivity contribution in [2.45, 2.75) is 71.0 Å². The first-order chi connectivity index (χ1) is 10.0. The van der Waals surface area contributed by atoms with Crippen LogP contribution in [0.1, 0.15) is 69.9 Å². The lowest BCUT2D eigenvalue weighted by atomic mass is 9.87. The van der Waals surface area contributed by atoms with Gasteiger partial charge in [-0.1, -0.05) is 39.3 Å². The molecule has 1 aliphatic heterocycles. The summed E-state index contributed by atoms with van der Waals surface area (Å²) in [5, 5.41) is 0.803. The van der Waals surface area contributed by atoms with Crippen molar-refractivity contribution >= 4 is 11.6 Å². The van der Waals surface area contributed by atoms with Crippen LogP contribution < -0.4 is 4.74 Å². The highest BCUT2D eigenvalue weighted by atomic mass is 35.5. The van der Waals surface area contributed by atoms with Gasteiger partial charge in [0.2, 0.25) is 0 Å². The Morgan fingerprint density at radius 3 is 2.33 bits per heavy atom. The summed E-state index contributed by atoms with van der Waals surface area (Å²) < 4.78 is 11.5. The molecule has 0 amide bonds. The van der Waals surface area contributed by atoms with Crippen LogP contribution in [0.5, 0.6) is 5.75 Å². The van der Waals surface area contributed by atoms with Crippen molar-refractivity contribution in [3.8, 4) is 5.75 Å². The quantitative estimate of drug-likeness (QED) is 0.617. The monoisotopic (exact) mass is 310 g/mol. The minimum absolute atomic E-state index is 0.399. The molecule has 1 aliphatic rings. The second-order valence-corrected chi connectivity index (χ2v) is 6.67. The maximum atomic E-state index is 6.35. The van der Waals surface area contributed by atoms with Gasteiger partial charge in [-0.2, -0.15) is 0 Å². The Bertz CT molecular complexity index is 484. The van der Waals surface area contributed by atoms with Gasteiger partial charge < -0.3 is 9.47 Å². The molecule has 0 bridgehead atoms. The molecule has 1 aromatic carbocycles. The maximum Gasteiger partial charge on any atom is 0.125 e. The van der Waals surface area contributed by atoms with E-state index < -0.39 is 0 Å². The number of methoxy groups -OCH3 is 1. The van der Waals surface area contributed by atoms with Crippen molar-refractivity contribution in [2.24, 2.45) is 0 Å². The summed E-state index contributed by atoms with van der Waals surface area (Å²) in [6.07, 6.45) is 4.10. The smallest absolute Gasteiger partial charge is 0.125 e. The molecule has 118 valence electrons. The van der Waals surface area contributed by atoms with Crippen LogP contribution in [0.3, 0.4) is 0 Å². The van der Waals surface area contributed by atoms with Gasteiger partial charge in [-0.05, 0) is 54.4 Å². The van der Waals surface area contributed by atoms with Gasteiger partial charge in [-0.25, -0.2) is 0 Å². The molecule has 0 spiro atoms. The Hall–Kier alpha value is -0.730. The van der Waals surface area contributed by atoms with Crippen LogP contribution in [0.25, 0.3) is 0 Å². The molecule has 1 aromatic rings. The van der Waals surface area contributed by atoms with Gasteiger partial charge in [0.05, 0.1) is 19.3 Å². The van der Waals surface area contributed by atoms with Crippen LogP contribution in [0.15, 0.2) is 12.1 Å². The molecule has 3 heteroatoms. The van der Waals surface area contributed by atoms with Crippen LogP contribution in [-0.4, -0.2) is 19.3 Å². The molecule has 0 N–H and O–H groups in total. The summed E-state index contributed by atoms with van der Waals surface area (Å²) in [4.78, 5) is 0. The third-order valence-corrected chi connectivity index (χ3v) is 4.69. The molecule has 3 atom stereocenters. The molecule has 0 aromatic heterocycles. The lowest BCUT2D eigenvalue weighted by molar-refractivity contribution is 0.345. The zero-order valence-corrected chi connectivity index (χ0v) is 14.5. The van der Waals surface area contributed by atoms with Crippen molar-refractivity contribution in [1.29, 1.82) is 0 Å². The molecule has 0 saturated carbocycles. The van der Waals surface area contributed by atoms with Crippen LogP contribution >= 0.6 is 11.6 Å². The first-order valence-corrected chi connectivity index (χ1v) is 8.42. The number of hydrogen-bond donors (Lipinski definition) is 0. The van der Waals surface area contributed by atoms with Crippen molar-refractivity contribution in [3.05, 3.63) is 28.3 Å². The SMILES string of the molecule is CCC(CC1OC1CC)c1cc(Cl)cc(C(C)C)c1OC. The number of hydrogen-bond acceptors (Lipinski definition) is 2. The highest BCUT2D eigenvalue weighted by molar-refractivity contribution is 6.30. The van der Waals surface area contributed by atoms with Gasteiger partial charge >= 0.3 is 0 Å². The average Bonchev–Trinajstić information content (AvgIpc) is 3.22. The lowest BCUT2D eigenvalue weighted by Gasteiger charge is -2.22. The number of halogens is 1. The average molecular weight is 311 g/mol. The van der Waals surface area contributed by atoms with Gasteiger partial charge in [0, 0.05) is 5.02 Å². The Morgan fingerprint density at radius 1 is 1.19 bits per heavy atom.